The Bertz CT molecular complexity index is 141. The molecule has 1 unspecified atom stereocenters. The third kappa shape index (κ3) is 4.04. The molecule has 0 bridgehead atoms. The van der Waals surface area contributed by atoms with Crippen LogP contribution in [0.5, 0.6) is 0 Å². The predicted molar refractivity (Wildman–Crippen MR) is 53.8 cm³/mol. The van der Waals surface area contributed by atoms with Crippen molar-refractivity contribution >= 4 is 0 Å². The molecule has 0 aromatic carbocycles. The van der Waals surface area contributed by atoms with Gasteiger partial charge in [-0.05, 0) is 14.1 Å². The SMILES string of the molecule is COC1CN(CCN(C)C)CCN1. The number of nitrogens with zero attached hydrogens (tertiary/aromatic N) is 2. The van der Waals surface area contributed by atoms with Crippen molar-refractivity contribution in [2.45, 2.75) is 6.23 Å². The smallest absolute Gasteiger partial charge is 0.120 e. The largest absolute Gasteiger partial charge is 0.365 e. The summed E-state index contributed by atoms with van der Waals surface area (Å²) in [5, 5.41) is 3.31. The Balaban J connectivity index is 2.18. The number of hydrogen-bond acceptors (Lipinski definition) is 4. The number of rotatable bonds is 4. The van der Waals surface area contributed by atoms with Gasteiger partial charge < -0.3 is 9.64 Å². The van der Waals surface area contributed by atoms with Crippen LogP contribution in [0.15, 0.2) is 0 Å². The van der Waals surface area contributed by atoms with Crippen molar-refractivity contribution in [2.24, 2.45) is 0 Å². The minimum absolute atomic E-state index is 0.218. The van der Waals surface area contributed by atoms with Crippen LogP contribution in [0, 0.1) is 0 Å². The lowest BCUT2D eigenvalue weighted by atomic mass is 10.3. The molecule has 0 spiro atoms. The molecule has 1 aliphatic rings. The first-order chi connectivity index (χ1) is 6.22. The van der Waals surface area contributed by atoms with E-state index in [1.54, 1.807) is 7.11 Å². The van der Waals surface area contributed by atoms with Gasteiger partial charge in [0.2, 0.25) is 0 Å². The first-order valence-corrected chi connectivity index (χ1v) is 4.85. The van der Waals surface area contributed by atoms with Crippen molar-refractivity contribution in [3.8, 4) is 0 Å². The van der Waals surface area contributed by atoms with Crippen molar-refractivity contribution in [1.82, 2.24) is 15.1 Å². The number of nitrogens with one attached hydrogen (secondary N) is 1. The van der Waals surface area contributed by atoms with Gasteiger partial charge >= 0.3 is 0 Å². The van der Waals surface area contributed by atoms with Crippen LogP contribution in [0.3, 0.4) is 0 Å². The monoisotopic (exact) mass is 187 g/mol. The van der Waals surface area contributed by atoms with Gasteiger partial charge in [-0.1, -0.05) is 0 Å². The van der Waals surface area contributed by atoms with Crippen LogP contribution in [0.4, 0.5) is 0 Å². The fourth-order valence-corrected chi connectivity index (χ4v) is 1.48. The first-order valence-electron chi connectivity index (χ1n) is 4.85. The fraction of sp³-hybridized carbons (Fsp3) is 1.00. The second-order valence-corrected chi connectivity index (χ2v) is 3.78. The average molecular weight is 187 g/mol. The third-order valence-corrected chi connectivity index (χ3v) is 2.37. The highest BCUT2D eigenvalue weighted by Crippen LogP contribution is 1.98. The molecule has 1 heterocycles. The Hall–Kier alpha value is -0.160. The number of hydrogen-bond donors (Lipinski definition) is 1. The van der Waals surface area contributed by atoms with E-state index < -0.39 is 0 Å². The zero-order chi connectivity index (χ0) is 9.68. The lowest BCUT2D eigenvalue weighted by Crippen LogP contribution is -2.52. The normalized spacial score (nSPS) is 25.4. The van der Waals surface area contributed by atoms with Gasteiger partial charge in [0.25, 0.3) is 0 Å². The van der Waals surface area contributed by atoms with Gasteiger partial charge in [-0.3, -0.25) is 10.2 Å². The lowest BCUT2D eigenvalue weighted by molar-refractivity contribution is 0.0147. The molecule has 1 atom stereocenters. The van der Waals surface area contributed by atoms with Crippen LogP contribution in [0.1, 0.15) is 0 Å². The van der Waals surface area contributed by atoms with Crippen molar-refractivity contribution in [2.75, 3.05) is 53.9 Å². The number of likely N-dealkylation sites (N-methyl/N-ethyl adjacent to an activating group) is 1. The molecule has 1 N–H and O–H groups in total. The standard InChI is InChI=1S/C9H21N3O/c1-11(2)6-7-12-5-4-10-9(8-12)13-3/h9-10H,4-8H2,1-3H3. The first kappa shape index (κ1) is 10.9. The molecule has 0 aliphatic carbocycles. The Morgan fingerprint density at radius 2 is 2.31 bits per heavy atom. The van der Waals surface area contributed by atoms with Crippen molar-refractivity contribution < 1.29 is 4.74 Å². The molecule has 4 nitrogen and oxygen atoms in total. The summed E-state index contributed by atoms with van der Waals surface area (Å²) in [5.41, 5.74) is 0. The highest BCUT2D eigenvalue weighted by molar-refractivity contribution is 4.72. The molecule has 1 aliphatic heterocycles. The van der Waals surface area contributed by atoms with Crippen molar-refractivity contribution in [3.05, 3.63) is 0 Å². The summed E-state index contributed by atoms with van der Waals surface area (Å²) in [7, 11) is 5.97. The predicted octanol–water partition coefficient (Wildman–Crippen LogP) is -0.574. The maximum absolute atomic E-state index is 5.26. The highest BCUT2D eigenvalue weighted by atomic mass is 16.5. The number of methoxy groups -OCH3 is 1. The molecule has 1 saturated heterocycles. The van der Waals surface area contributed by atoms with Gasteiger partial charge in [0.05, 0.1) is 0 Å². The zero-order valence-electron chi connectivity index (χ0n) is 8.92. The van der Waals surface area contributed by atoms with Crippen LogP contribution >= 0.6 is 0 Å². The maximum Gasteiger partial charge on any atom is 0.120 e. The maximum atomic E-state index is 5.26. The van der Waals surface area contributed by atoms with E-state index in [9.17, 15) is 0 Å². The molecule has 0 aromatic rings. The van der Waals surface area contributed by atoms with Crippen LogP contribution in [0.25, 0.3) is 0 Å². The van der Waals surface area contributed by atoms with Crippen LogP contribution in [0.2, 0.25) is 0 Å². The molecule has 1 rings (SSSR count). The number of ether oxygens (including phenoxy) is 1. The molecule has 1 fully saturated rings. The summed E-state index contributed by atoms with van der Waals surface area (Å²) in [6.45, 7) is 5.43. The summed E-state index contributed by atoms with van der Waals surface area (Å²) < 4.78 is 5.26. The molecule has 0 aromatic heterocycles. The Morgan fingerprint density at radius 3 is 2.92 bits per heavy atom. The van der Waals surface area contributed by atoms with E-state index in [1.165, 1.54) is 0 Å². The second kappa shape index (κ2) is 5.54. The quantitative estimate of drug-likeness (QED) is 0.637. The fourth-order valence-electron chi connectivity index (χ4n) is 1.48. The van der Waals surface area contributed by atoms with Gasteiger partial charge in [-0.15, -0.1) is 0 Å². The van der Waals surface area contributed by atoms with Crippen LogP contribution < -0.4 is 5.32 Å². The summed E-state index contributed by atoms with van der Waals surface area (Å²) in [6.07, 6.45) is 0.218. The van der Waals surface area contributed by atoms with Crippen LogP contribution in [-0.4, -0.2) is 70.0 Å². The molecule has 0 saturated carbocycles. The Kier molecular flexibility index (Phi) is 4.66. The summed E-state index contributed by atoms with van der Waals surface area (Å²) in [5.74, 6) is 0. The molecular formula is C9H21N3O. The summed E-state index contributed by atoms with van der Waals surface area (Å²) >= 11 is 0. The van der Waals surface area contributed by atoms with Gasteiger partial charge in [-0.25, -0.2) is 0 Å². The van der Waals surface area contributed by atoms with E-state index >= 15 is 0 Å². The topological polar surface area (TPSA) is 27.7 Å². The Labute approximate surface area is 80.8 Å². The highest BCUT2D eigenvalue weighted by Gasteiger charge is 2.17. The van der Waals surface area contributed by atoms with Gasteiger partial charge in [0.1, 0.15) is 6.23 Å². The minimum Gasteiger partial charge on any atom is -0.365 e. The van der Waals surface area contributed by atoms with E-state index in [1.807, 2.05) is 0 Å². The van der Waals surface area contributed by atoms with Gasteiger partial charge in [-0.2, -0.15) is 0 Å². The third-order valence-electron chi connectivity index (χ3n) is 2.37. The molecular weight excluding hydrogens is 166 g/mol. The summed E-state index contributed by atoms with van der Waals surface area (Å²) in [6, 6.07) is 0. The summed E-state index contributed by atoms with van der Waals surface area (Å²) in [4.78, 5) is 4.65. The molecule has 0 amide bonds. The van der Waals surface area contributed by atoms with E-state index in [4.69, 9.17) is 4.74 Å². The van der Waals surface area contributed by atoms with E-state index in [0.717, 1.165) is 32.7 Å². The second-order valence-electron chi connectivity index (χ2n) is 3.78. The van der Waals surface area contributed by atoms with E-state index in [2.05, 4.69) is 29.2 Å². The van der Waals surface area contributed by atoms with E-state index in [-0.39, 0.29) is 6.23 Å². The minimum atomic E-state index is 0.218. The van der Waals surface area contributed by atoms with E-state index in [0.29, 0.717) is 0 Å². The molecule has 0 radical (unpaired) electrons. The Morgan fingerprint density at radius 1 is 1.54 bits per heavy atom. The zero-order valence-corrected chi connectivity index (χ0v) is 8.92. The number of piperazine rings is 1. The van der Waals surface area contributed by atoms with Gasteiger partial charge in [0.15, 0.2) is 0 Å². The van der Waals surface area contributed by atoms with Crippen molar-refractivity contribution in [1.29, 1.82) is 0 Å². The average Bonchev–Trinajstić information content (AvgIpc) is 2.15. The molecule has 13 heavy (non-hydrogen) atoms. The molecule has 4 heteroatoms. The lowest BCUT2D eigenvalue weighted by Gasteiger charge is -2.33. The van der Waals surface area contributed by atoms with Gasteiger partial charge in [0, 0.05) is 39.8 Å². The molecule has 78 valence electrons. The van der Waals surface area contributed by atoms with Crippen LogP contribution in [-0.2, 0) is 4.74 Å². The van der Waals surface area contributed by atoms with Crippen molar-refractivity contribution in [3.63, 3.8) is 0 Å².